The van der Waals surface area contributed by atoms with Crippen molar-refractivity contribution in [2.24, 2.45) is 0 Å². The van der Waals surface area contributed by atoms with Crippen LogP contribution in [0.1, 0.15) is 12.0 Å². The molecule has 1 fully saturated rings. The number of alkyl halides is 3. The third-order valence-electron chi connectivity index (χ3n) is 3.88. The van der Waals surface area contributed by atoms with Gasteiger partial charge < -0.3 is 19.3 Å². The summed E-state index contributed by atoms with van der Waals surface area (Å²) >= 11 is 0. The van der Waals surface area contributed by atoms with E-state index in [-0.39, 0.29) is 18.9 Å². The first-order valence-corrected chi connectivity index (χ1v) is 8.15. The third kappa shape index (κ3) is 6.91. The lowest BCUT2D eigenvalue weighted by Crippen LogP contribution is -2.36. The monoisotopic (exact) mass is 360 g/mol. The van der Waals surface area contributed by atoms with Crippen molar-refractivity contribution >= 4 is 11.6 Å². The Morgan fingerprint density at radius 1 is 1.24 bits per heavy atom. The van der Waals surface area contributed by atoms with E-state index in [4.69, 9.17) is 4.74 Å². The maximum atomic E-state index is 12.0. The number of morpholine rings is 1. The fourth-order valence-corrected chi connectivity index (χ4v) is 2.53. The third-order valence-corrected chi connectivity index (χ3v) is 3.88. The molecule has 1 heterocycles. The molecule has 0 bridgehead atoms. The van der Waals surface area contributed by atoms with E-state index < -0.39 is 12.8 Å². The Labute approximate surface area is 145 Å². The van der Waals surface area contributed by atoms with Gasteiger partial charge in [0.2, 0.25) is 5.91 Å². The first kappa shape index (κ1) is 19.5. The SMILES string of the molecule is CN(Cc1ccc(N2CCOCC2)cc1)C(=O)CCOCC(F)(F)F. The molecular formula is C17H23F3N2O3. The molecule has 1 aromatic rings. The zero-order chi connectivity index (χ0) is 18.3. The Morgan fingerprint density at radius 3 is 2.48 bits per heavy atom. The predicted octanol–water partition coefficient (Wildman–Crippen LogP) is 2.45. The van der Waals surface area contributed by atoms with Crippen LogP contribution in [0.4, 0.5) is 18.9 Å². The van der Waals surface area contributed by atoms with Gasteiger partial charge in [0, 0.05) is 32.4 Å². The number of hydrogen-bond acceptors (Lipinski definition) is 4. The van der Waals surface area contributed by atoms with Crippen molar-refractivity contribution in [2.45, 2.75) is 19.1 Å². The quantitative estimate of drug-likeness (QED) is 0.701. The number of benzene rings is 1. The molecule has 0 unspecified atom stereocenters. The van der Waals surface area contributed by atoms with Crippen molar-refractivity contribution in [3.63, 3.8) is 0 Å². The van der Waals surface area contributed by atoms with Gasteiger partial charge in [0.25, 0.3) is 0 Å². The van der Waals surface area contributed by atoms with Crippen LogP contribution < -0.4 is 4.90 Å². The molecule has 0 aromatic heterocycles. The topological polar surface area (TPSA) is 42.0 Å². The molecule has 2 rings (SSSR count). The van der Waals surface area contributed by atoms with Crippen LogP contribution >= 0.6 is 0 Å². The predicted molar refractivity (Wildman–Crippen MR) is 87.4 cm³/mol. The molecule has 0 radical (unpaired) electrons. The van der Waals surface area contributed by atoms with Crippen LogP contribution in [0.2, 0.25) is 0 Å². The van der Waals surface area contributed by atoms with Crippen molar-refractivity contribution < 1.29 is 27.4 Å². The highest BCUT2D eigenvalue weighted by molar-refractivity contribution is 5.76. The number of amides is 1. The number of carbonyl (C=O) groups is 1. The van der Waals surface area contributed by atoms with Gasteiger partial charge in [-0.25, -0.2) is 0 Å². The second-order valence-corrected chi connectivity index (χ2v) is 5.93. The number of hydrogen-bond donors (Lipinski definition) is 0. The lowest BCUT2D eigenvalue weighted by atomic mass is 10.1. The summed E-state index contributed by atoms with van der Waals surface area (Å²) in [7, 11) is 1.63. The van der Waals surface area contributed by atoms with Gasteiger partial charge in [-0.05, 0) is 17.7 Å². The first-order valence-electron chi connectivity index (χ1n) is 8.15. The van der Waals surface area contributed by atoms with Gasteiger partial charge in [-0.1, -0.05) is 12.1 Å². The molecule has 0 spiro atoms. The molecule has 5 nitrogen and oxygen atoms in total. The van der Waals surface area contributed by atoms with Gasteiger partial charge >= 0.3 is 6.18 Å². The molecule has 1 aliphatic heterocycles. The molecule has 1 amide bonds. The van der Waals surface area contributed by atoms with Gasteiger partial charge in [0.05, 0.1) is 26.2 Å². The van der Waals surface area contributed by atoms with Crippen LogP contribution in [-0.2, 0) is 20.8 Å². The molecule has 140 valence electrons. The minimum atomic E-state index is -4.36. The van der Waals surface area contributed by atoms with Crippen molar-refractivity contribution in [2.75, 3.05) is 51.5 Å². The molecule has 0 aliphatic carbocycles. The van der Waals surface area contributed by atoms with E-state index >= 15 is 0 Å². The minimum absolute atomic E-state index is 0.0710. The standard InChI is InChI=1S/C17H23F3N2O3/c1-21(16(23)6-9-25-13-17(18,19)20)12-14-2-4-15(5-3-14)22-7-10-24-11-8-22/h2-5H,6-13H2,1H3. The lowest BCUT2D eigenvalue weighted by Gasteiger charge is -2.29. The van der Waals surface area contributed by atoms with Gasteiger partial charge in [-0.15, -0.1) is 0 Å². The Balaban J connectivity index is 1.75. The second kappa shape index (κ2) is 9.05. The number of ether oxygens (including phenoxy) is 2. The number of anilines is 1. The highest BCUT2D eigenvalue weighted by Gasteiger charge is 2.27. The maximum Gasteiger partial charge on any atom is 0.411 e. The van der Waals surface area contributed by atoms with Crippen molar-refractivity contribution in [1.29, 1.82) is 0 Å². The summed E-state index contributed by atoms with van der Waals surface area (Å²) in [6.07, 6.45) is -4.43. The van der Waals surface area contributed by atoms with Crippen LogP contribution in [-0.4, -0.2) is 63.5 Å². The Bertz CT molecular complexity index is 543. The summed E-state index contributed by atoms with van der Waals surface area (Å²) in [5.74, 6) is -0.251. The molecule has 0 saturated carbocycles. The molecule has 8 heteroatoms. The summed E-state index contributed by atoms with van der Waals surface area (Å²) in [6, 6.07) is 7.92. The van der Waals surface area contributed by atoms with Crippen LogP contribution in [0.3, 0.4) is 0 Å². The van der Waals surface area contributed by atoms with E-state index in [1.165, 1.54) is 4.90 Å². The summed E-state index contributed by atoms with van der Waals surface area (Å²) < 4.78 is 45.7. The summed E-state index contributed by atoms with van der Waals surface area (Å²) in [6.45, 7) is 1.99. The molecule has 1 aromatic carbocycles. The van der Waals surface area contributed by atoms with Gasteiger partial charge in [-0.2, -0.15) is 13.2 Å². The van der Waals surface area contributed by atoms with Crippen molar-refractivity contribution in [1.82, 2.24) is 4.90 Å². The molecule has 0 N–H and O–H groups in total. The number of rotatable bonds is 7. The Morgan fingerprint density at radius 2 is 1.88 bits per heavy atom. The molecule has 25 heavy (non-hydrogen) atoms. The highest BCUT2D eigenvalue weighted by atomic mass is 19.4. The highest BCUT2D eigenvalue weighted by Crippen LogP contribution is 2.18. The Kier molecular flexibility index (Phi) is 7.07. The largest absolute Gasteiger partial charge is 0.411 e. The van der Waals surface area contributed by atoms with Crippen LogP contribution in [0.15, 0.2) is 24.3 Å². The number of halogens is 3. The van der Waals surface area contributed by atoms with Crippen molar-refractivity contribution in [3.8, 4) is 0 Å². The lowest BCUT2D eigenvalue weighted by molar-refractivity contribution is -0.175. The van der Waals surface area contributed by atoms with Crippen LogP contribution in [0.25, 0.3) is 0 Å². The van der Waals surface area contributed by atoms with E-state index in [0.29, 0.717) is 6.54 Å². The molecule has 0 atom stereocenters. The van der Waals surface area contributed by atoms with Gasteiger partial charge in [0.15, 0.2) is 0 Å². The van der Waals surface area contributed by atoms with E-state index in [1.54, 1.807) is 7.05 Å². The fraction of sp³-hybridized carbons (Fsp3) is 0.588. The normalized spacial score (nSPS) is 15.3. The smallest absolute Gasteiger partial charge is 0.378 e. The molecule has 1 saturated heterocycles. The van der Waals surface area contributed by atoms with E-state index in [9.17, 15) is 18.0 Å². The number of carbonyl (C=O) groups excluding carboxylic acids is 1. The number of nitrogens with zero attached hydrogens (tertiary/aromatic N) is 2. The minimum Gasteiger partial charge on any atom is -0.378 e. The summed E-state index contributed by atoms with van der Waals surface area (Å²) in [4.78, 5) is 15.7. The van der Waals surface area contributed by atoms with E-state index in [0.717, 1.165) is 37.6 Å². The second-order valence-electron chi connectivity index (χ2n) is 5.93. The Hall–Kier alpha value is -1.80. The van der Waals surface area contributed by atoms with Crippen LogP contribution in [0, 0.1) is 0 Å². The van der Waals surface area contributed by atoms with Gasteiger partial charge in [0.1, 0.15) is 6.61 Å². The van der Waals surface area contributed by atoms with E-state index in [1.807, 2.05) is 24.3 Å². The molecular weight excluding hydrogens is 337 g/mol. The van der Waals surface area contributed by atoms with Crippen LogP contribution in [0.5, 0.6) is 0 Å². The zero-order valence-electron chi connectivity index (χ0n) is 14.2. The van der Waals surface area contributed by atoms with E-state index in [2.05, 4.69) is 9.64 Å². The van der Waals surface area contributed by atoms with Crippen molar-refractivity contribution in [3.05, 3.63) is 29.8 Å². The average molecular weight is 360 g/mol. The zero-order valence-corrected chi connectivity index (χ0v) is 14.2. The summed E-state index contributed by atoms with van der Waals surface area (Å²) in [5.41, 5.74) is 2.07. The summed E-state index contributed by atoms with van der Waals surface area (Å²) in [5, 5.41) is 0. The maximum absolute atomic E-state index is 12.0. The fourth-order valence-electron chi connectivity index (χ4n) is 2.53. The first-order chi connectivity index (χ1) is 11.8. The molecule has 1 aliphatic rings. The van der Waals surface area contributed by atoms with Gasteiger partial charge in [-0.3, -0.25) is 4.79 Å². The average Bonchev–Trinajstić information content (AvgIpc) is 2.59.